The number of hydrogen-bond acceptors (Lipinski definition) is 5. The monoisotopic (exact) mass is 635 g/mol. The molecule has 0 aliphatic carbocycles. The fourth-order valence-corrected chi connectivity index (χ4v) is 7.87. The molecular formula is C41H30BN5O2. The first kappa shape index (κ1) is 27.8. The molecule has 4 aromatic heterocycles. The molecule has 1 aliphatic heterocycles. The fourth-order valence-electron chi connectivity index (χ4n) is 7.87. The summed E-state index contributed by atoms with van der Waals surface area (Å²) in [7, 11) is 2.16. The molecule has 8 heteroatoms. The number of rotatable bonds is 4. The summed E-state index contributed by atoms with van der Waals surface area (Å²) < 4.78 is 17.4. The summed E-state index contributed by atoms with van der Waals surface area (Å²) >= 11 is 0. The van der Waals surface area contributed by atoms with Gasteiger partial charge in [-0.1, -0.05) is 65.7 Å². The number of aryl methyl sites for hydroxylation is 2. The van der Waals surface area contributed by atoms with Crippen LogP contribution in [0.15, 0.2) is 132 Å². The van der Waals surface area contributed by atoms with Crippen molar-refractivity contribution in [2.24, 2.45) is 0 Å². The predicted octanol–water partition coefficient (Wildman–Crippen LogP) is 9.04. The molecule has 0 bridgehead atoms. The Morgan fingerprint density at radius 1 is 0.673 bits per heavy atom. The van der Waals surface area contributed by atoms with E-state index in [-0.39, 0.29) is 6.98 Å². The number of nitrogens with zero attached hydrogens (tertiary/aromatic N) is 5. The highest BCUT2D eigenvalue weighted by atomic mass is 16.5. The Morgan fingerprint density at radius 3 is 2.31 bits per heavy atom. The van der Waals surface area contributed by atoms with Gasteiger partial charge in [-0.15, -0.1) is 0 Å². The summed E-state index contributed by atoms with van der Waals surface area (Å²) in [6.07, 6.45) is 5.78. The molecule has 9 aromatic rings. The average molecular weight is 636 g/mol. The van der Waals surface area contributed by atoms with Gasteiger partial charge in [0.1, 0.15) is 34.3 Å². The number of fused-ring (bicyclic) bond motifs is 9. The van der Waals surface area contributed by atoms with Crippen LogP contribution >= 0.6 is 0 Å². The van der Waals surface area contributed by atoms with Gasteiger partial charge in [0, 0.05) is 52.1 Å². The normalized spacial score (nSPS) is 12.7. The van der Waals surface area contributed by atoms with Crippen LogP contribution in [0.1, 0.15) is 11.1 Å². The van der Waals surface area contributed by atoms with Crippen LogP contribution in [0.3, 0.4) is 0 Å². The number of hydrogen-bond donors (Lipinski definition) is 0. The Balaban J connectivity index is 1.10. The molecule has 5 aromatic carbocycles. The van der Waals surface area contributed by atoms with Gasteiger partial charge >= 0.3 is 6.98 Å². The standard InChI is InChI=1S/C41H30BN5O2/c1-25-9-8-10-26(2)39(25)42-45(3)33-18-16-27(23-32(33)40-44-21-22-46(40)42)48-28-15-17-30-29-11-4-6-13-34(29)47(35(30)24-28)41-38-31-12-5-7-14-36(31)49-37(38)19-20-43-41/h4-24H,1-3H3. The van der Waals surface area contributed by atoms with Gasteiger partial charge in [0.2, 0.25) is 0 Å². The predicted molar refractivity (Wildman–Crippen MR) is 199 cm³/mol. The average Bonchev–Trinajstić information content (AvgIpc) is 3.84. The number of furan rings is 1. The van der Waals surface area contributed by atoms with E-state index in [1.165, 1.54) is 16.6 Å². The van der Waals surface area contributed by atoms with Crippen LogP contribution in [0.4, 0.5) is 5.69 Å². The molecule has 0 atom stereocenters. The van der Waals surface area contributed by atoms with E-state index >= 15 is 0 Å². The summed E-state index contributed by atoms with van der Waals surface area (Å²) in [6, 6.07) is 37.6. The summed E-state index contributed by atoms with van der Waals surface area (Å²) in [5.41, 5.74) is 9.70. The molecular weight excluding hydrogens is 605 g/mol. The molecule has 5 heterocycles. The van der Waals surface area contributed by atoms with Gasteiger partial charge in [0.05, 0.1) is 16.4 Å². The highest BCUT2D eigenvalue weighted by Crippen LogP contribution is 2.41. The van der Waals surface area contributed by atoms with E-state index in [0.717, 1.165) is 78.1 Å². The molecule has 0 fully saturated rings. The molecule has 7 nitrogen and oxygen atoms in total. The van der Waals surface area contributed by atoms with Gasteiger partial charge in [-0.3, -0.25) is 4.57 Å². The smallest absolute Gasteiger partial charge is 0.417 e. The SMILES string of the molecule is Cc1cccc(C)c1B1N(C)c2ccc(Oc3ccc4c5ccccc5n(-c5nccc6oc7ccccc7c56)c4c3)cc2-c2nccn21. The van der Waals surface area contributed by atoms with Crippen LogP contribution in [0.2, 0.25) is 0 Å². The van der Waals surface area contributed by atoms with Crippen LogP contribution in [-0.4, -0.2) is 33.0 Å². The Bertz CT molecular complexity index is 2760. The van der Waals surface area contributed by atoms with Gasteiger partial charge in [0.15, 0.2) is 0 Å². The van der Waals surface area contributed by atoms with Crippen molar-refractivity contribution in [1.82, 2.24) is 19.0 Å². The van der Waals surface area contributed by atoms with Gasteiger partial charge in [-0.25, -0.2) is 9.97 Å². The van der Waals surface area contributed by atoms with Gasteiger partial charge in [-0.05, 0) is 74.9 Å². The molecule has 49 heavy (non-hydrogen) atoms. The van der Waals surface area contributed by atoms with Crippen LogP contribution in [0.5, 0.6) is 11.5 Å². The zero-order chi connectivity index (χ0) is 32.8. The number of para-hydroxylation sites is 2. The van der Waals surface area contributed by atoms with E-state index in [4.69, 9.17) is 19.1 Å². The molecule has 234 valence electrons. The Kier molecular flexibility index (Phi) is 5.88. The quantitative estimate of drug-likeness (QED) is 0.181. The maximum atomic E-state index is 6.65. The Morgan fingerprint density at radius 2 is 1.43 bits per heavy atom. The first-order valence-corrected chi connectivity index (χ1v) is 16.5. The van der Waals surface area contributed by atoms with E-state index in [9.17, 15) is 0 Å². The van der Waals surface area contributed by atoms with E-state index in [1.807, 2.05) is 42.7 Å². The molecule has 10 rings (SSSR count). The molecule has 0 N–H and O–H groups in total. The van der Waals surface area contributed by atoms with Crippen molar-refractivity contribution < 1.29 is 9.15 Å². The molecule has 1 aliphatic rings. The molecule has 0 saturated heterocycles. The van der Waals surface area contributed by atoms with Crippen molar-refractivity contribution in [3.63, 3.8) is 0 Å². The third-order valence-corrected chi connectivity index (χ3v) is 10.1. The van der Waals surface area contributed by atoms with Crippen molar-refractivity contribution in [2.45, 2.75) is 13.8 Å². The van der Waals surface area contributed by atoms with Gasteiger partial charge in [0.25, 0.3) is 0 Å². The summed E-state index contributed by atoms with van der Waals surface area (Å²) in [5, 5.41) is 4.30. The zero-order valence-electron chi connectivity index (χ0n) is 27.3. The highest BCUT2D eigenvalue weighted by Gasteiger charge is 2.37. The lowest BCUT2D eigenvalue weighted by atomic mass is 9.60. The highest BCUT2D eigenvalue weighted by molar-refractivity contribution is 6.77. The minimum absolute atomic E-state index is 0.00713. The topological polar surface area (TPSA) is 61.2 Å². The van der Waals surface area contributed by atoms with E-state index in [2.05, 4.69) is 120 Å². The van der Waals surface area contributed by atoms with Crippen molar-refractivity contribution in [3.05, 3.63) is 139 Å². The van der Waals surface area contributed by atoms with Gasteiger partial charge in [-0.2, -0.15) is 0 Å². The third-order valence-electron chi connectivity index (χ3n) is 10.1. The molecule has 0 amide bonds. The number of aromatic nitrogens is 4. The molecule has 0 spiro atoms. The maximum absolute atomic E-state index is 6.65. The third kappa shape index (κ3) is 4.04. The second-order valence-electron chi connectivity index (χ2n) is 12.9. The summed E-state index contributed by atoms with van der Waals surface area (Å²) in [5.74, 6) is 3.23. The number of benzene rings is 5. The first-order chi connectivity index (χ1) is 24.0. The van der Waals surface area contributed by atoms with E-state index in [0.29, 0.717) is 0 Å². The van der Waals surface area contributed by atoms with Crippen LogP contribution in [0.25, 0.3) is 61.0 Å². The fraction of sp³-hybridized carbons (Fsp3) is 0.0732. The van der Waals surface area contributed by atoms with Crippen LogP contribution in [-0.2, 0) is 0 Å². The lowest BCUT2D eigenvalue weighted by Crippen LogP contribution is -2.56. The Labute approximate surface area is 282 Å². The van der Waals surface area contributed by atoms with Crippen molar-refractivity contribution in [1.29, 1.82) is 0 Å². The van der Waals surface area contributed by atoms with Crippen molar-refractivity contribution in [3.8, 4) is 28.7 Å². The lowest BCUT2D eigenvalue weighted by Gasteiger charge is -2.36. The second kappa shape index (κ2) is 10.4. The van der Waals surface area contributed by atoms with E-state index in [1.54, 1.807) is 0 Å². The largest absolute Gasteiger partial charge is 0.457 e. The van der Waals surface area contributed by atoms with E-state index < -0.39 is 0 Å². The van der Waals surface area contributed by atoms with Crippen LogP contribution in [0, 0.1) is 13.8 Å². The minimum atomic E-state index is 0.00713. The molecule has 0 radical (unpaired) electrons. The number of pyridine rings is 1. The zero-order valence-corrected chi connectivity index (χ0v) is 27.3. The lowest BCUT2D eigenvalue weighted by molar-refractivity contribution is 0.483. The number of ether oxygens (including phenoxy) is 1. The van der Waals surface area contributed by atoms with Crippen LogP contribution < -0.4 is 15.0 Å². The Hall–Kier alpha value is -6.28. The molecule has 0 saturated carbocycles. The number of anilines is 1. The number of imidazole rings is 1. The summed E-state index contributed by atoms with van der Waals surface area (Å²) in [4.78, 5) is 12.1. The van der Waals surface area contributed by atoms with Gasteiger partial charge < -0.3 is 18.4 Å². The molecule has 0 unspecified atom stereocenters. The van der Waals surface area contributed by atoms with Crippen molar-refractivity contribution >= 4 is 61.9 Å². The second-order valence-corrected chi connectivity index (χ2v) is 12.9. The summed E-state index contributed by atoms with van der Waals surface area (Å²) in [6.45, 7) is 4.37. The first-order valence-electron chi connectivity index (χ1n) is 16.5. The maximum Gasteiger partial charge on any atom is 0.417 e. The minimum Gasteiger partial charge on any atom is -0.457 e. The van der Waals surface area contributed by atoms with Crippen molar-refractivity contribution in [2.75, 3.05) is 11.9 Å².